The number of aryl methyl sites for hydroxylation is 1. The summed E-state index contributed by atoms with van der Waals surface area (Å²) in [6.45, 7) is 11.1. The fraction of sp³-hybridized carbons (Fsp3) is 0.400. The van der Waals surface area contributed by atoms with Crippen molar-refractivity contribution in [2.24, 2.45) is 5.16 Å². The van der Waals surface area contributed by atoms with Crippen molar-refractivity contribution in [2.45, 2.75) is 58.2 Å². The molecule has 1 aliphatic rings. The largest absolute Gasteiger partial charge is 0.455 e. The smallest absolute Gasteiger partial charge is 0.286 e. The second kappa shape index (κ2) is 8.91. The molecule has 0 fully saturated rings. The molecule has 1 aromatic carbocycles. The lowest BCUT2D eigenvalue weighted by Crippen LogP contribution is -2.39. The average molecular weight is 481 g/mol. The molecule has 0 aliphatic heterocycles. The van der Waals surface area contributed by atoms with Crippen LogP contribution in [0.2, 0.25) is 18.1 Å². The third kappa shape index (κ3) is 4.82. The molecule has 2 heterocycles. The zero-order chi connectivity index (χ0) is 23.8. The van der Waals surface area contributed by atoms with E-state index in [1.54, 1.807) is 24.6 Å². The molecule has 0 radical (unpaired) electrons. The van der Waals surface area contributed by atoms with Crippen molar-refractivity contribution in [3.63, 3.8) is 0 Å². The highest BCUT2D eigenvalue weighted by Crippen LogP contribution is 2.39. The molecule has 2 aromatic heterocycles. The van der Waals surface area contributed by atoms with Gasteiger partial charge in [-0.3, -0.25) is 9.78 Å². The van der Waals surface area contributed by atoms with E-state index in [1.807, 2.05) is 12.3 Å². The molecule has 0 unspecified atom stereocenters. The van der Waals surface area contributed by atoms with Gasteiger partial charge in [0.15, 0.2) is 0 Å². The number of nitrogens with zero attached hydrogens (tertiary/aromatic N) is 2. The van der Waals surface area contributed by atoms with Crippen LogP contribution in [0.25, 0.3) is 10.1 Å². The first-order valence-electron chi connectivity index (χ1n) is 11.3. The van der Waals surface area contributed by atoms with Gasteiger partial charge in [-0.1, -0.05) is 26.8 Å². The normalized spacial score (nSPS) is 15.0. The third-order valence-corrected chi connectivity index (χ3v) is 12.0. The van der Waals surface area contributed by atoms with E-state index in [0.29, 0.717) is 6.42 Å². The molecule has 0 bridgehead atoms. The summed E-state index contributed by atoms with van der Waals surface area (Å²) in [6.07, 6.45) is 5.82. The minimum atomic E-state index is -1.93. The van der Waals surface area contributed by atoms with Crippen LogP contribution >= 0.6 is 11.3 Å². The van der Waals surface area contributed by atoms with Gasteiger partial charge in [-0.05, 0) is 54.7 Å². The number of likely N-dealkylation sites (N-methyl/N-ethyl adjacent to an activating group) is 1. The van der Waals surface area contributed by atoms with E-state index in [2.05, 4.69) is 72.8 Å². The van der Waals surface area contributed by atoms with Gasteiger partial charge < -0.3 is 15.2 Å². The van der Waals surface area contributed by atoms with E-state index < -0.39 is 8.32 Å². The number of aromatic nitrogens is 1. The lowest BCUT2D eigenvalue weighted by Gasteiger charge is -2.33. The summed E-state index contributed by atoms with van der Waals surface area (Å²) in [5.74, 6) is -0.00546. The minimum Gasteiger partial charge on any atom is -0.455 e. The maximum atomic E-state index is 12.1. The van der Waals surface area contributed by atoms with Crippen LogP contribution in [0.15, 0.2) is 41.8 Å². The Balaban J connectivity index is 1.60. The summed E-state index contributed by atoms with van der Waals surface area (Å²) < 4.78 is 7.20. The molecule has 0 saturated carbocycles. The second-order valence-electron chi connectivity index (χ2n) is 10.0. The number of carbonyl (C=O) groups is 1. The molecule has 8 heteroatoms. The van der Waals surface area contributed by atoms with Gasteiger partial charge in [0.25, 0.3) is 8.32 Å². The molecule has 1 aliphatic carbocycles. The number of nitrogens with one attached hydrogen (secondary N) is 2. The van der Waals surface area contributed by atoms with Crippen LogP contribution in [0, 0.1) is 0 Å². The summed E-state index contributed by atoms with van der Waals surface area (Å²) in [4.78, 5) is 17.3. The number of hydrogen-bond donors (Lipinski definition) is 2. The van der Waals surface area contributed by atoms with Gasteiger partial charge in [0.2, 0.25) is 5.91 Å². The maximum Gasteiger partial charge on any atom is 0.286 e. The number of hydrogen-bond acceptors (Lipinski definition) is 6. The van der Waals surface area contributed by atoms with E-state index in [1.165, 1.54) is 11.1 Å². The standard InChI is InChI=1S/C25H32N4O2SSi/c1-25(2,3)33(5,6)31-29-20-10-7-16-13-17(8-9-18(16)20)28-24-19-11-12-27-15-22(19)32-21(24)14-23(30)26-4/h8-9,11-13,15,28H,7,10,14H2,1-6H3,(H,26,30). The first-order valence-corrected chi connectivity index (χ1v) is 15.0. The molecular formula is C25H32N4O2SSi. The molecule has 33 heavy (non-hydrogen) atoms. The fourth-order valence-electron chi connectivity index (χ4n) is 3.59. The van der Waals surface area contributed by atoms with Crippen molar-refractivity contribution in [1.29, 1.82) is 0 Å². The fourth-order valence-corrected chi connectivity index (χ4v) is 5.33. The molecule has 2 N–H and O–H groups in total. The summed E-state index contributed by atoms with van der Waals surface area (Å²) >= 11 is 1.61. The lowest BCUT2D eigenvalue weighted by atomic mass is 10.1. The summed E-state index contributed by atoms with van der Waals surface area (Å²) in [5.41, 5.74) is 5.47. The Bertz CT molecular complexity index is 1230. The van der Waals surface area contributed by atoms with Crippen LogP contribution in [0.3, 0.4) is 0 Å². The van der Waals surface area contributed by atoms with Gasteiger partial charge in [-0.15, -0.1) is 16.5 Å². The number of amides is 1. The number of pyridine rings is 1. The molecule has 174 valence electrons. The molecule has 0 saturated heterocycles. The van der Waals surface area contributed by atoms with Crippen molar-refractivity contribution in [3.8, 4) is 0 Å². The minimum absolute atomic E-state index is 0.00546. The van der Waals surface area contributed by atoms with Crippen LogP contribution in [0.1, 0.15) is 43.2 Å². The van der Waals surface area contributed by atoms with E-state index in [0.717, 1.165) is 44.9 Å². The number of carbonyl (C=O) groups excluding carboxylic acids is 1. The zero-order valence-corrected chi connectivity index (χ0v) is 22.0. The van der Waals surface area contributed by atoms with Gasteiger partial charge in [-0.25, -0.2) is 0 Å². The van der Waals surface area contributed by atoms with Crippen LogP contribution in [-0.2, 0) is 22.2 Å². The summed E-state index contributed by atoms with van der Waals surface area (Å²) in [7, 11) is -0.268. The quantitative estimate of drug-likeness (QED) is 0.335. The lowest BCUT2D eigenvalue weighted by molar-refractivity contribution is -0.119. The Labute approximate surface area is 200 Å². The Morgan fingerprint density at radius 2 is 2.03 bits per heavy atom. The first kappa shape index (κ1) is 23.4. The Morgan fingerprint density at radius 1 is 1.24 bits per heavy atom. The van der Waals surface area contributed by atoms with E-state index >= 15 is 0 Å². The first-order chi connectivity index (χ1) is 15.6. The predicted molar refractivity (Wildman–Crippen MR) is 140 cm³/mol. The van der Waals surface area contributed by atoms with E-state index in [9.17, 15) is 4.79 Å². The second-order valence-corrected chi connectivity index (χ2v) is 15.8. The van der Waals surface area contributed by atoms with Crippen LogP contribution in [0.4, 0.5) is 11.4 Å². The molecule has 4 rings (SSSR count). The molecule has 0 atom stereocenters. The van der Waals surface area contributed by atoms with E-state index in [4.69, 9.17) is 4.53 Å². The van der Waals surface area contributed by atoms with Crippen molar-refractivity contribution in [3.05, 3.63) is 52.7 Å². The van der Waals surface area contributed by atoms with Crippen molar-refractivity contribution >= 4 is 52.7 Å². The number of fused-ring (bicyclic) bond motifs is 2. The van der Waals surface area contributed by atoms with Gasteiger partial charge >= 0.3 is 0 Å². The van der Waals surface area contributed by atoms with Gasteiger partial charge in [-0.2, -0.15) is 0 Å². The topological polar surface area (TPSA) is 75.6 Å². The van der Waals surface area contributed by atoms with Crippen molar-refractivity contribution in [1.82, 2.24) is 10.3 Å². The molecule has 3 aromatic rings. The Kier molecular flexibility index (Phi) is 6.33. The predicted octanol–water partition coefficient (Wildman–Crippen LogP) is 6.00. The number of oxime groups is 1. The molecule has 1 amide bonds. The highest BCUT2D eigenvalue weighted by molar-refractivity contribution is 7.19. The highest BCUT2D eigenvalue weighted by Gasteiger charge is 2.40. The Morgan fingerprint density at radius 3 is 2.76 bits per heavy atom. The number of rotatable bonds is 6. The Hall–Kier alpha value is -2.71. The third-order valence-electron chi connectivity index (χ3n) is 6.67. The van der Waals surface area contributed by atoms with Crippen molar-refractivity contribution in [2.75, 3.05) is 12.4 Å². The molecular weight excluding hydrogens is 448 g/mol. The maximum absolute atomic E-state index is 12.1. The van der Waals surface area contributed by atoms with Gasteiger partial charge in [0.1, 0.15) is 0 Å². The zero-order valence-electron chi connectivity index (χ0n) is 20.2. The van der Waals surface area contributed by atoms with Crippen LogP contribution in [0.5, 0.6) is 0 Å². The van der Waals surface area contributed by atoms with Gasteiger partial charge in [0.05, 0.1) is 22.5 Å². The molecule has 0 spiro atoms. The highest BCUT2D eigenvalue weighted by atomic mass is 32.1. The van der Waals surface area contributed by atoms with Gasteiger partial charge in [0, 0.05) is 41.0 Å². The van der Waals surface area contributed by atoms with Crippen molar-refractivity contribution < 1.29 is 9.32 Å². The number of benzene rings is 1. The molecule has 6 nitrogen and oxygen atoms in total. The number of thiophene rings is 1. The monoisotopic (exact) mass is 480 g/mol. The summed E-state index contributed by atoms with van der Waals surface area (Å²) in [6, 6.07) is 8.41. The average Bonchev–Trinajstić information content (AvgIpc) is 3.32. The summed E-state index contributed by atoms with van der Waals surface area (Å²) in [5, 5.41) is 12.1. The van der Waals surface area contributed by atoms with Crippen LogP contribution in [-0.4, -0.2) is 32.0 Å². The van der Waals surface area contributed by atoms with E-state index in [-0.39, 0.29) is 10.9 Å². The number of anilines is 2. The van der Waals surface area contributed by atoms with Crippen LogP contribution < -0.4 is 10.6 Å². The SMILES string of the molecule is CNC(=O)Cc1sc2cnccc2c1Nc1ccc2c(c1)CCC2=NO[Si](C)(C)C(C)(C)C.